The summed E-state index contributed by atoms with van der Waals surface area (Å²) >= 11 is 0. The van der Waals surface area contributed by atoms with E-state index in [2.05, 4.69) is 5.32 Å². The molecule has 1 amide bonds. The molecule has 0 aliphatic heterocycles. The largest absolute Gasteiger partial charge is 0.501 e. The third kappa shape index (κ3) is 13.0. The van der Waals surface area contributed by atoms with Gasteiger partial charge in [0.15, 0.2) is 0 Å². The number of rotatable bonds is 14. The number of hydrogen-bond donors (Lipinski definition) is 2. The van der Waals surface area contributed by atoms with Crippen molar-refractivity contribution in [2.24, 2.45) is 0 Å². The molecule has 0 saturated heterocycles. The van der Waals surface area contributed by atoms with Crippen molar-refractivity contribution >= 4 is 20.7 Å². The van der Waals surface area contributed by atoms with E-state index in [4.69, 9.17) is 18.4 Å². The standard InChI is InChI=1S/C17H35NO6Si/c1-13(2)22-25(23-14(3)4,24-15(5)6)12-8-11-18-16(19)9-7-10-17(20)21/h13-15H,7-12H2,1-6H3,(H,18,19)(H,20,21). The monoisotopic (exact) mass is 377 g/mol. The molecule has 0 radical (unpaired) electrons. The van der Waals surface area contributed by atoms with Crippen LogP contribution in [0.25, 0.3) is 0 Å². The van der Waals surface area contributed by atoms with E-state index in [1.54, 1.807) is 0 Å². The van der Waals surface area contributed by atoms with E-state index < -0.39 is 14.8 Å². The predicted molar refractivity (Wildman–Crippen MR) is 98.3 cm³/mol. The van der Waals surface area contributed by atoms with Crippen molar-refractivity contribution < 1.29 is 28.0 Å². The lowest BCUT2D eigenvalue weighted by atomic mass is 10.2. The number of hydrogen-bond acceptors (Lipinski definition) is 5. The summed E-state index contributed by atoms with van der Waals surface area (Å²) in [6.45, 7) is 12.2. The minimum Gasteiger partial charge on any atom is -0.481 e. The maximum atomic E-state index is 11.7. The molecule has 0 aromatic heterocycles. The van der Waals surface area contributed by atoms with Crippen LogP contribution >= 0.6 is 0 Å². The van der Waals surface area contributed by atoms with Crippen molar-refractivity contribution in [2.45, 2.75) is 91.6 Å². The molecule has 25 heavy (non-hydrogen) atoms. The molecule has 0 unspecified atom stereocenters. The first kappa shape index (κ1) is 24.0. The predicted octanol–water partition coefficient (Wildman–Crippen LogP) is 2.96. The zero-order valence-corrected chi connectivity index (χ0v) is 17.5. The molecule has 0 heterocycles. The highest BCUT2D eigenvalue weighted by atomic mass is 28.4. The SMILES string of the molecule is CC(C)O[Si](CCCNC(=O)CCCC(=O)O)(OC(C)C)OC(C)C. The smallest absolute Gasteiger partial charge is 0.481 e. The van der Waals surface area contributed by atoms with Gasteiger partial charge >= 0.3 is 14.8 Å². The van der Waals surface area contributed by atoms with Crippen LogP contribution in [0.15, 0.2) is 0 Å². The molecule has 0 rings (SSSR count). The van der Waals surface area contributed by atoms with Crippen LogP contribution in [-0.2, 0) is 22.9 Å². The Morgan fingerprint density at radius 1 is 0.880 bits per heavy atom. The van der Waals surface area contributed by atoms with E-state index >= 15 is 0 Å². The van der Waals surface area contributed by atoms with Gasteiger partial charge in [-0.15, -0.1) is 0 Å². The van der Waals surface area contributed by atoms with Crippen molar-refractivity contribution in [3.05, 3.63) is 0 Å². The second kappa shape index (κ2) is 12.4. The van der Waals surface area contributed by atoms with E-state index in [0.717, 1.165) is 0 Å². The average molecular weight is 378 g/mol. The summed E-state index contributed by atoms with van der Waals surface area (Å²) in [5.74, 6) is -1.01. The fourth-order valence-corrected chi connectivity index (χ4v) is 5.64. The van der Waals surface area contributed by atoms with E-state index in [0.29, 0.717) is 25.4 Å². The topological polar surface area (TPSA) is 94.1 Å². The van der Waals surface area contributed by atoms with Gasteiger partial charge in [0.25, 0.3) is 0 Å². The second-order valence-corrected chi connectivity index (χ2v) is 9.46. The van der Waals surface area contributed by atoms with Crippen LogP contribution in [-0.4, -0.2) is 50.6 Å². The summed E-state index contributed by atoms with van der Waals surface area (Å²) < 4.78 is 18.2. The van der Waals surface area contributed by atoms with Gasteiger partial charge in [0.2, 0.25) is 5.91 Å². The number of carbonyl (C=O) groups is 2. The molecule has 7 nitrogen and oxygen atoms in total. The van der Waals surface area contributed by atoms with Crippen LogP contribution in [0.3, 0.4) is 0 Å². The maximum absolute atomic E-state index is 11.7. The number of carbonyl (C=O) groups excluding carboxylic acids is 1. The zero-order chi connectivity index (χ0) is 19.5. The molecule has 0 fully saturated rings. The van der Waals surface area contributed by atoms with Crippen molar-refractivity contribution in [2.75, 3.05) is 6.54 Å². The summed E-state index contributed by atoms with van der Waals surface area (Å²) in [6.07, 6.45) is 1.25. The third-order valence-electron chi connectivity index (χ3n) is 3.02. The van der Waals surface area contributed by atoms with Crippen LogP contribution in [0.5, 0.6) is 0 Å². The van der Waals surface area contributed by atoms with Crippen molar-refractivity contribution in [1.29, 1.82) is 0 Å². The Bertz CT molecular complexity index is 374. The molecule has 148 valence electrons. The van der Waals surface area contributed by atoms with Crippen LogP contribution in [0.2, 0.25) is 6.04 Å². The molecule has 0 spiro atoms. The summed E-state index contributed by atoms with van der Waals surface area (Å²) in [4.78, 5) is 22.1. The summed E-state index contributed by atoms with van der Waals surface area (Å²) in [5.41, 5.74) is 0. The zero-order valence-electron chi connectivity index (χ0n) is 16.5. The Balaban J connectivity index is 4.49. The van der Waals surface area contributed by atoms with Gasteiger partial charge in [-0.1, -0.05) is 0 Å². The Hall–Kier alpha value is -0.963. The number of carboxylic acids is 1. The lowest BCUT2D eigenvalue weighted by molar-refractivity contribution is -0.137. The fourth-order valence-electron chi connectivity index (χ4n) is 2.36. The van der Waals surface area contributed by atoms with Crippen molar-refractivity contribution in [3.63, 3.8) is 0 Å². The molecule has 0 aliphatic rings. The van der Waals surface area contributed by atoms with Crippen molar-refractivity contribution in [1.82, 2.24) is 5.32 Å². The van der Waals surface area contributed by atoms with Gasteiger partial charge in [-0.2, -0.15) is 0 Å². The Morgan fingerprint density at radius 3 is 1.76 bits per heavy atom. The summed E-state index contributed by atoms with van der Waals surface area (Å²) in [7, 11) is -2.83. The van der Waals surface area contributed by atoms with Crippen molar-refractivity contribution in [3.8, 4) is 0 Å². The Labute approximate surface area is 152 Å². The van der Waals surface area contributed by atoms with Gasteiger partial charge in [-0.3, -0.25) is 9.59 Å². The first-order chi connectivity index (χ1) is 11.6. The summed E-state index contributed by atoms with van der Waals surface area (Å²) in [6, 6.07) is 0.622. The molecule has 8 heteroatoms. The minimum atomic E-state index is -2.83. The summed E-state index contributed by atoms with van der Waals surface area (Å²) in [5, 5.41) is 11.4. The highest BCUT2D eigenvalue weighted by molar-refractivity contribution is 6.60. The molecule has 0 bridgehead atoms. The Kier molecular flexibility index (Phi) is 11.9. The molecule has 0 aromatic carbocycles. The quantitative estimate of drug-likeness (QED) is 0.357. The number of carboxylic acid groups (broad SMARTS) is 1. The second-order valence-electron chi connectivity index (χ2n) is 6.88. The molecule has 0 aliphatic carbocycles. The first-order valence-electron chi connectivity index (χ1n) is 9.08. The molecule has 0 aromatic rings. The lowest BCUT2D eigenvalue weighted by Gasteiger charge is -2.34. The maximum Gasteiger partial charge on any atom is 0.501 e. The van der Waals surface area contributed by atoms with Crippen LogP contribution < -0.4 is 5.32 Å². The highest BCUT2D eigenvalue weighted by Crippen LogP contribution is 2.23. The van der Waals surface area contributed by atoms with Gasteiger partial charge in [-0.05, 0) is 54.4 Å². The Morgan fingerprint density at radius 2 is 1.36 bits per heavy atom. The van der Waals surface area contributed by atoms with E-state index in [9.17, 15) is 9.59 Å². The first-order valence-corrected chi connectivity index (χ1v) is 11.0. The lowest BCUT2D eigenvalue weighted by Crippen LogP contribution is -2.51. The van der Waals surface area contributed by atoms with Crippen LogP contribution in [0.4, 0.5) is 0 Å². The van der Waals surface area contributed by atoms with Gasteiger partial charge in [0.05, 0.1) is 0 Å². The molecule has 0 saturated carbocycles. The average Bonchev–Trinajstić information content (AvgIpc) is 2.40. The molecule has 2 N–H and O–H groups in total. The highest BCUT2D eigenvalue weighted by Gasteiger charge is 2.43. The van der Waals surface area contributed by atoms with Gasteiger partial charge in [0, 0.05) is 43.7 Å². The van der Waals surface area contributed by atoms with E-state index in [1.165, 1.54) is 0 Å². The van der Waals surface area contributed by atoms with Gasteiger partial charge in [0.1, 0.15) is 0 Å². The van der Waals surface area contributed by atoms with Crippen LogP contribution in [0.1, 0.15) is 67.2 Å². The number of nitrogens with one attached hydrogen (secondary N) is 1. The third-order valence-corrected chi connectivity index (χ3v) is 6.48. The van der Waals surface area contributed by atoms with E-state index in [-0.39, 0.29) is 37.1 Å². The molecule has 0 atom stereocenters. The minimum absolute atomic E-state index is 0.00484. The molecular formula is C17H35NO6Si. The van der Waals surface area contributed by atoms with Gasteiger partial charge in [-0.25, -0.2) is 0 Å². The number of amides is 1. The normalized spacial score (nSPS) is 12.2. The number of aliphatic carboxylic acids is 1. The van der Waals surface area contributed by atoms with Crippen LogP contribution in [0, 0.1) is 0 Å². The van der Waals surface area contributed by atoms with Gasteiger partial charge < -0.3 is 23.7 Å². The fraction of sp³-hybridized carbons (Fsp3) is 0.882. The molecular weight excluding hydrogens is 342 g/mol. The van der Waals surface area contributed by atoms with E-state index in [1.807, 2.05) is 41.5 Å².